The van der Waals surface area contributed by atoms with Gasteiger partial charge in [-0.05, 0) is 134 Å². The normalized spacial score (nSPS) is 10.3. The molecule has 186 valence electrons. The Bertz CT molecular complexity index is 1470. The average molecular weight is 501 g/mol. The van der Waals surface area contributed by atoms with Gasteiger partial charge in [0.15, 0.2) is 0 Å². The van der Waals surface area contributed by atoms with Crippen LogP contribution >= 0.6 is 0 Å². The number of hydrogen-bond donors (Lipinski definition) is 0. The number of hydrogen-bond acceptors (Lipinski definition) is 6. The van der Waals surface area contributed by atoms with Crippen LogP contribution in [0.4, 0.5) is 0 Å². The lowest BCUT2D eigenvalue weighted by atomic mass is 9.96. The molecule has 6 heteroatoms. The zero-order valence-corrected chi connectivity index (χ0v) is 21.5. The van der Waals surface area contributed by atoms with Gasteiger partial charge in [0, 0.05) is 0 Å². The molecule has 0 aliphatic carbocycles. The van der Waals surface area contributed by atoms with E-state index in [9.17, 15) is 9.59 Å². The van der Waals surface area contributed by atoms with E-state index in [1.54, 1.807) is 48.5 Å². The first-order chi connectivity index (χ1) is 18.2. The van der Waals surface area contributed by atoms with Gasteiger partial charge < -0.3 is 9.47 Å². The molecule has 4 aromatic carbocycles. The third kappa shape index (κ3) is 5.46. The van der Waals surface area contributed by atoms with E-state index in [-0.39, 0.29) is 0 Å². The largest absolute Gasteiger partial charge is 0.422 e. The van der Waals surface area contributed by atoms with E-state index in [0.717, 1.165) is 33.4 Å². The first kappa shape index (κ1) is 25.9. The Labute approximate surface area is 221 Å². The van der Waals surface area contributed by atoms with Gasteiger partial charge in [-0.1, -0.05) is 0 Å². The molecule has 0 saturated heterocycles. The summed E-state index contributed by atoms with van der Waals surface area (Å²) in [5.74, 6) is -0.00355. The molecule has 0 N–H and O–H groups in total. The first-order valence-electron chi connectivity index (χ1n) is 11.9. The lowest BCUT2D eigenvalue weighted by Crippen LogP contribution is -2.11. The van der Waals surface area contributed by atoms with Crippen molar-refractivity contribution in [2.45, 2.75) is 27.7 Å². The number of carbonyl (C=O) groups excluding carboxylic acids is 2. The van der Waals surface area contributed by atoms with Crippen LogP contribution in [0.3, 0.4) is 0 Å². The first-order valence-corrected chi connectivity index (χ1v) is 11.9. The van der Waals surface area contributed by atoms with Crippen LogP contribution in [0.5, 0.6) is 11.5 Å². The van der Waals surface area contributed by atoms with Crippen molar-refractivity contribution in [1.82, 2.24) is 0 Å². The maximum atomic E-state index is 12.7. The highest BCUT2D eigenvalue weighted by Crippen LogP contribution is 2.35. The number of nitrogens with zero attached hydrogens (tertiary/aromatic N) is 2. The second kappa shape index (κ2) is 10.8. The number of rotatable bonds is 5. The second-order valence-electron chi connectivity index (χ2n) is 9.04. The van der Waals surface area contributed by atoms with Gasteiger partial charge in [0.1, 0.15) is 11.5 Å². The van der Waals surface area contributed by atoms with Gasteiger partial charge in [0.25, 0.3) is 0 Å². The quantitative estimate of drug-likeness (QED) is 0.221. The molecule has 38 heavy (non-hydrogen) atoms. The fraction of sp³-hybridized carbons (Fsp3) is 0.125. The van der Waals surface area contributed by atoms with Crippen LogP contribution in [0.25, 0.3) is 11.1 Å². The highest BCUT2D eigenvalue weighted by Gasteiger charge is 2.17. The molecule has 4 rings (SSSR count). The predicted molar refractivity (Wildman–Crippen MR) is 143 cm³/mol. The molecule has 0 radical (unpaired) electrons. The van der Waals surface area contributed by atoms with Crippen LogP contribution < -0.4 is 9.47 Å². The van der Waals surface area contributed by atoms with E-state index in [2.05, 4.69) is 0 Å². The Kier molecular flexibility index (Phi) is 7.37. The molecule has 0 spiro atoms. The lowest BCUT2D eigenvalue weighted by molar-refractivity contribution is 0.0723. The maximum Gasteiger partial charge on any atom is 0.343 e. The van der Waals surface area contributed by atoms with Gasteiger partial charge in [-0.2, -0.15) is 10.5 Å². The Hall–Kier alpha value is -5.20. The molecular weight excluding hydrogens is 476 g/mol. The van der Waals surface area contributed by atoms with Crippen LogP contribution in [-0.2, 0) is 0 Å². The summed E-state index contributed by atoms with van der Waals surface area (Å²) in [6.07, 6.45) is 0. The van der Waals surface area contributed by atoms with E-state index >= 15 is 0 Å². The van der Waals surface area contributed by atoms with Crippen molar-refractivity contribution in [2.75, 3.05) is 0 Å². The number of benzene rings is 4. The van der Waals surface area contributed by atoms with E-state index in [1.165, 1.54) is 0 Å². The number of nitriles is 2. The van der Waals surface area contributed by atoms with Crippen LogP contribution in [0.2, 0.25) is 0 Å². The summed E-state index contributed by atoms with van der Waals surface area (Å²) >= 11 is 0. The number of aryl methyl sites for hydroxylation is 4. The minimum Gasteiger partial charge on any atom is -0.422 e. The summed E-state index contributed by atoms with van der Waals surface area (Å²) in [5, 5.41) is 17.9. The van der Waals surface area contributed by atoms with Crippen molar-refractivity contribution in [3.63, 3.8) is 0 Å². The fourth-order valence-electron chi connectivity index (χ4n) is 4.22. The van der Waals surface area contributed by atoms with Gasteiger partial charge in [-0.3, -0.25) is 0 Å². The van der Waals surface area contributed by atoms with Gasteiger partial charge in [0.05, 0.1) is 34.4 Å². The standard InChI is InChI=1S/C32H24N2O4/c1-19-13-27(14-20(2)29(19)37-31(35)25-9-5-23(17-33)6-10-25)28-15-21(3)30(22(4)16-28)38-32(36)26-11-7-24(18-34)8-12-26/h5-16H,1-4H3. The highest BCUT2D eigenvalue weighted by atomic mass is 16.5. The Morgan fingerprint density at radius 3 is 1.11 bits per heavy atom. The van der Waals surface area contributed by atoms with Crippen LogP contribution in [0.15, 0.2) is 72.8 Å². The smallest absolute Gasteiger partial charge is 0.343 e. The molecule has 0 unspecified atom stereocenters. The summed E-state index contributed by atoms with van der Waals surface area (Å²) in [5.41, 5.74) is 6.75. The Morgan fingerprint density at radius 2 is 0.842 bits per heavy atom. The lowest BCUT2D eigenvalue weighted by Gasteiger charge is -2.16. The van der Waals surface area contributed by atoms with Crippen LogP contribution in [0.1, 0.15) is 54.1 Å². The molecular formula is C32H24N2O4. The Balaban J connectivity index is 1.56. The molecule has 0 bridgehead atoms. The molecule has 0 saturated carbocycles. The summed E-state index contributed by atoms with van der Waals surface area (Å²) in [7, 11) is 0. The van der Waals surface area contributed by atoms with Gasteiger partial charge in [-0.15, -0.1) is 0 Å². The molecule has 4 aromatic rings. The van der Waals surface area contributed by atoms with Crippen molar-refractivity contribution in [3.05, 3.63) is 117 Å². The molecule has 0 aliphatic rings. The molecule has 6 nitrogen and oxygen atoms in total. The minimum atomic E-state index is -0.492. The van der Waals surface area contributed by atoms with E-state index < -0.39 is 11.9 Å². The number of carbonyl (C=O) groups is 2. The fourth-order valence-corrected chi connectivity index (χ4v) is 4.22. The third-order valence-corrected chi connectivity index (χ3v) is 6.14. The summed E-state index contributed by atoms with van der Waals surface area (Å²) in [4.78, 5) is 25.3. The van der Waals surface area contributed by atoms with Crippen molar-refractivity contribution >= 4 is 11.9 Å². The average Bonchev–Trinajstić information content (AvgIpc) is 2.92. The summed E-state index contributed by atoms with van der Waals surface area (Å²) < 4.78 is 11.4. The van der Waals surface area contributed by atoms with Crippen molar-refractivity contribution in [2.24, 2.45) is 0 Å². The summed E-state index contributed by atoms with van der Waals surface area (Å²) in [6, 6.07) is 24.5. The zero-order chi connectivity index (χ0) is 27.4. The maximum absolute atomic E-state index is 12.7. The number of esters is 2. The number of ether oxygens (including phenoxy) is 2. The predicted octanol–water partition coefficient (Wildman–Crippen LogP) is 6.77. The minimum absolute atomic E-state index is 0.365. The van der Waals surface area contributed by atoms with Gasteiger partial charge in [0.2, 0.25) is 0 Å². The van der Waals surface area contributed by atoms with Crippen LogP contribution in [0, 0.1) is 50.4 Å². The van der Waals surface area contributed by atoms with E-state index in [0.29, 0.717) is 33.8 Å². The third-order valence-electron chi connectivity index (χ3n) is 6.14. The second-order valence-corrected chi connectivity index (χ2v) is 9.04. The molecule has 0 fully saturated rings. The SMILES string of the molecule is Cc1cc(-c2cc(C)c(OC(=O)c3ccc(C#N)cc3)c(C)c2)cc(C)c1OC(=O)c1ccc(C#N)cc1. The van der Waals surface area contributed by atoms with Crippen molar-refractivity contribution in [1.29, 1.82) is 10.5 Å². The van der Waals surface area contributed by atoms with Crippen LogP contribution in [-0.4, -0.2) is 11.9 Å². The van der Waals surface area contributed by atoms with E-state index in [1.807, 2.05) is 64.1 Å². The summed E-state index contributed by atoms with van der Waals surface area (Å²) in [6.45, 7) is 7.52. The molecule has 0 atom stereocenters. The molecule has 0 aromatic heterocycles. The molecule has 0 aliphatic heterocycles. The highest BCUT2D eigenvalue weighted by molar-refractivity contribution is 5.92. The molecule has 0 heterocycles. The van der Waals surface area contributed by atoms with Gasteiger partial charge in [-0.25, -0.2) is 9.59 Å². The monoisotopic (exact) mass is 500 g/mol. The van der Waals surface area contributed by atoms with Crippen molar-refractivity contribution in [3.8, 4) is 34.8 Å². The van der Waals surface area contributed by atoms with Gasteiger partial charge >= 0.3 is 11.9 Å². The zero-order valence-electron chi connectivity index (χ0n) is 21.5. The topological polar surface area (TPSA) is 100 Å². The molecule has 0 amide bonds. The van der Waals surface area contributed by atoms with Crippen molar-refractivity contribution < 1.29 is 19.1 Å². The van der Waals surface area contributed by atoms with E-state index in [4.69, 9.17) is 20.0 Å². The Morgan fingerprint density at radius 1 is 0.553 bits per heavy atom.